The molecule has 1 saturated carbocycles. The van der Waals surface area contributed by atoms with Crippen molar-refractivity contribution >= 4 is 21.8 Å². The topological polar surface area (TPSA) is 38.3 Å². The van der Waals surface area contributed by atoms with Crippen LogP contribution in [0, 0.1) is 0 Å². The van der Waals surface area contributed by atoms with Crippen LogP contribution in [0.5, 0.6) is 5.75 Å². The lowest BCUT2D eigenvalue weighted by molar-refractivity contribution is -0.127. The van der Waals surface area contributed by atoms with Crippen LogP contribution in [0.2, 0.25) is 0 Å². The molecule has 1 aliphatic carbocycles. The van der Waals surface area contributed by atoms with Crippen molar-refractivity contribution in [1.82, 2.24) is 5.32 Å². The van der Waals surface area contributed by atoms with E-state index in [2.05, 4.69) is 21.2 Å². The van der Waals surface area contributed by atoms with Gasteiger partial charge in [0.2, 0.25) is 0 Å². The van der Waals surface area contributed by atoms with E-state index in [4.69, 9.17) is 4.74 Å². The van der Waals surface area contributed by atoms with Crippen LogP contribution >= 0.6 is 15.9 Å². The molecule has 1 heterocycles. The molecule has 3 rings (SSSR count). The van der Waals surface area contributed by atoms with Crippen molar-refractivity contribution in [2.24, 2.45) is 0 Å². The highest BCUT2D eigenvalue weighted by Crippen LogP contribution is 2.29. The van der Waals surface area contributed by atoms with Crippen LogP contribution in [0.1, 0.15) is 24.8 Å². The highest BCUT2D eigenvalue weighted by Gasteiger charge is 2.33. The monoisotopic (exact) mass is 309 g/mol. The largest absolute Gasteiger partial charge is 0.480 e. The van der Waals surface area contributed by atoms with E-state index < -0.39 is 0 Å². The number of para-hydroxylation sites is 1. The van der Waals surface area contributed by atoms with Crippen LogP contribution in [-0.4, -0.2) is 22.9 Å². The van der Waals surface area contributed by atoms with Gasteiger partial charge in [0, 0.05) is 17.3 Å². The molecule has 18 heavy (non-hydrogen) atoms. The minimum Gasteiger partial charge on any atom is -0.480 e. The van der Waals surface area contributed by atoms with E-state index >= 15 is 0 Å². The number of carbonyl (C=O) groups excluding carboxylic acids is 1. The Hall–Kier alpha value is -1.03. The normalized spacial score (nSPS) is 29.7. The van der Waals surface area contributed by atoms with Gasteiger partial charge in [0.1, 0.15) is 5.75 Å². The first kappa shape index (κ1) is 12.0. The summed E-state index contributed by atoms with van der Waals surface area (Å²) < 4.78 is 5.69. The minimum absolute atomic E-state index is 0.0163. The van der Waals surface area contributed by atoms with Crippen molar-refractivity contribution in [3.63, 3.8) is 0 Å². The summed E-state index contributed by atoms with van der Waals surface area (Å²) in [5.74, 6) is 0.863. The molecule has 1 N–H and O–H groups in total. The molecule has 1 aromatic rings. The summed E-state index contributed by atoms with van der Waals surface area (Å²) in [5.41, 5.74) is 1.12. The maximum Gasteiger partial charge on any atom is 0.261 e. The second kappa shape index (κ2) is 4.92. The zero-order valence-corrected chi connectivity index (χ0v) is 11.7. The van der Waals surface area contributed by atoms with Crippen LogP contribution < -0.4 is 10.1 Å². The van der Waals surface area contributed by atoms with Gasteiger partial charge in [0.25, 0.3) is 5.91 Å². The molecule has 3 nitrogen and oxygen atoms in total. The molecule has 96 valence electrons. The third-order valence-corrected chi connectivity index (χ3v) is 4.79. The zero-order valence-electron chi connectivity index (χ0n) is 10.1. The third-order valence-electron chi connectivity index (χ3n) is 3.70. The van der Waals surface area contributed by atoms with Gasteiger partial charge in [-0.2, -0.15) is 0 Å². The molecule has 0 radical (unpaired) electrons. The Bertz CT molecular complexity index is 438. The zero-order chi connectivity index (χ0) is 12.5. The van der Waals surface area contributed by atoms with E-state index in [-0.39, 0.29) is 18.1 Å². The van der Waals surface area contributed by atoms with Crippen LogP contribution in [0.15, 0.2) is 24.3 Å². The highest BCUT2D eigenvalue weighted by molar-refractivity contribution is 9.09. The summed E-state index contributed by atoms with van der Waals surface area (Å²) in [6.45, 7) is 0. The van der Waals surface area contributed by atoms with Crippen LogP contribution in [-0.2, 0) is 11.2 Å². The Morgan fingerprint density at radius 3 is 2.89 bits per heavy atom. The van der Waals surface area contributed by atoms with E-state index in [0.717, 1.165) is 24.2 Å². The Labute approximate surface area is 115 Å². The number of fused-ring (bicyclic) bond motifs is 1. The molecule has 3 atom stereocenters. The van der Waals surface area contributed by atoms with Crippen LogP contribution in [0.4, 0.5) is 0 Å². The number of hydrogen-bond donors (Lipinski definition) is 1. The summed E-state index contributed by atoms with van der Waals surface area (Å²) >= 11 is 3.61. The number of amides is 1. The number of alkyl halides is 1. The number of hydrogen-bond acceptors (Lipinski definition) is 2. The van der Waals surface area contributed by atoms with Crippen molar-refractivity contribution in [3.05, 3.63) is 29.8 Å². The van der Waals surface area contributed by atoms with E-state index in [1.807, 2.05) is 24.3 Å². The smallest absolute Gasteiger partial charge is 0.261 e. The molecule has 0 bridgehead atoms. The number of carbonyl (C=O) groups is 1. The van der Waals surface area contributed by atoms with Gasteiger partial charge in [0.15, 0.2) is 6.10 Å². The van der Waals surface area contributed by atoms with E-state index in [9.17, 15) is 4.79 Å². The van der Waals surface area contributed by atoms with E-state index in [1.54, 1.807) is 0 Å². The van der Waals surface area contributed by atoms with Crippen LogP contribution in [0.3, 0.4) is 0 Å². The summed E-state index contributed by atoms with van der Waals surface area (Å²) in [7, 11) is 0. The minimum atomic E-state index is -0.359. The lowest BCUT2D eigenvalue weighted by Gasteiger charge is -2.18. The molecular weight excluding hydrogens is 294 g/mol. The van der Waals surface area contributed by atoms with Crippen LogP contribution in [0.25, 0.3) is 0 Å². The third kappa shape index (κ3) is 2.26. The average molecular weight is 310 g/mol. The molecule has 2 aliphatic rings. The lowest BCUT2D eigenvalue weighted by Crippen LogP contribution is -2.45. The van der Waals surface area contributed by atoms with Gasteiger partial charge >= 0.3 is 0 Å². The Kier molecular flexibility index (Phi) is 3.29. The number of ether oxygens (including phenoxy) is 1. The standard InChI is InChI=1S/C14H16BrNO2/c15-10-5-3-6-11(10)16-14(17)13-8-9-4-1-2-7-12(9)18-13/h1-2,4,7,10-11,13H,3,5-6,8H2,(H,16,17). The van der Waals surface area contributed by atoms with Crippen molar-refractivity contribution < 1.29 is 9.53 Å². The first-order chi connectivity index (χ1) is 8.74. The molecule has 0 spiro atoms. The van der Waals surface area contributed by atoms with Crippen molar-refractivity contribution in [3.8, 4) is 5.75 Å². The fourth-order valence-corrected chi connectivity index (χ4v) is 3.40. The second-order valence-electron chi connectivity index (χ2n) is 4.98. The molecule has 3 unspecified atom stereocenters. The Balaban J connectivity index is 1.62. The highest BCUT2D eigenvalue weighted by atomic mass is 79.9. The van der Waals surface area contributed by atoms with Gasteiger partial charge in [-0.1, -0.05) is 40.5 Å². The van der Waals surface area contributed by atoms with Crippen molar-refractivity contribution in [2.45, 2.75) is 42.7 Å². The maximum atomic E-state index is 12.2. The summed E-state index contributed by atoms with van der Waals surface area (Å²) in [6, 6.07) is 8.11. The number of nitrogens with one attached hydrogen (secondary N) is 1. The molecule has 0 aromatic heterocycles. The van der Waals surface area contributed by atoms with E-state index in [0.29, 0.717) is 11.2 Å². The quantitative estimate of drug-likeness (QED) is 0.852. The molecular formula is C14H16BrNO2. The van der Waals surface area contributed by atoms with Gasteiger partial charge in [-0.05, 0) is 24.5 Å². The second-order valence-corrected chi connectivity index (χ2v) is 6.16. The van der Waals surface area contributed by atoms with Gasteiger partial charge in [0.05, 0.1) is 0 Å². The van der Waals surface area contributed by atoms with E-state index in [1.165, 1.54) is 6.42 Å². The first-order valence-electron chi connectivity index (χ1n) is 6.43. The van der Waals surface area contributed by atoms with Crippen molar-refractivity contribution in [2.75, 3.05) is 0 Å². The van der Waals surface area contributed by atoms with Crippen molar-refractivity contribution in [1.29, 1.82) is 0 Å². The SMILES string of the molecule is O=C(NC1CCCC1Br)C1Cc2ccccc2O1. The molecule has 1 aromatic carbocycles. The predicted molar refractivity (Wildman–Crippen MR) is 73.1 cm³/mol. The maximum absolute atomic E-state index is 12.2. The number of halogens is 1. The van der Waals surface area contributed by atoms with Gasteiger partial charge in [-0.15, -0.1) is 0 Å². The fraction of sp³-hybridized carbons (Fsp3) is 0.500. The number of benzene rings is 1. The van der Waals surface area contributed by atoms with Gasteiger partial charge in [-0.25, -0.2) is 0 Å². The average Bonchev–Trinajstić information content (AvgIpc) is 2.96. The summed E-state index contributed by atoms with van der Waals surface area (Å²) in [4.78, 5) is 12.6. The molecule has 0 saturated heterocycles. The Morgan fingerprint density at radius 2 is 2.17 bits per heavy atom. The Morgan fingerprint density at radius 1 is 1.33 bits per heavy atom. The lowest BCUT2D eigenvalue weighted by atomic mass is 10.1. The number of rotatable bonds is 2. The predicted octanol–water partition coefficient (Wildman–Crippen LogP) is 2.42. The first-order valence-corrected chi connectivity index (χ1v) is 7.34. The molecule has 1 aliphatic heterocycles. The summed E-state index contributed by atoms with van der Waals surface area (Å²) in [6.07, 6.45) is 3.69. The van der Waals surface area contributed by atoms with Gasteiger partial charge < -0.3 is 10.1 Å². The molecule has 1 amide bonds. The van der Waals surface area contributed by atoms with Gasteiger partial charge in [-0.3, -0.25) is 4.79 Å². The molecule has 4 heteroatoms. The fourth-order valence-electron chi connectivity index (χ4n) is 2.68. The summed E-state index contributed by atoms with van der Waals surface area (Å²) in [5, 5.41) is 3.09. The molecule has 1 fully saturated rings.